The van der Waals surface area contributed by atoms with Gasteiger partial charge < -0.3 is 9.52 Å². The van der Waals surface area contributed by atoms with Crippen LogP contribution in [-0.4, -0.2) is 10.9 Å². The second-order valence-electron chi connectivity index (χ2n) is 5.13. The Morgan fingerprint density at radius 2 is 1.57 bits per heavy atom. The molecule has 0 saturated heterocycles. The van der Waals surface area contributed by atoms with Gasteiger partial charge >= 0.3 is 0 Å². The first-order chi connectivity index (χ1) is 11.3. The maximum atomic E-state index is 12.7. The summed E-state index contributed by atoms with van der Waals surface area (Å²) in [5, 5.41) is 10.7. The third-order valence-corrected chi connectivity index (χ3v) is 3.54. The highest BCUT2D eigenvalue weighted by Gasteiger charge is 2.23. The molecule has 0 amide bonds. The van der Waals surface area contributed by atoms with Crippen LogP contribution in [0.1, 0.15) is 27.8 Å². The van der Waals surface area contributed by atoms with Crippen LogP contribution in [0.2, 0.25) is 0 Å². The summed E-state index contributed by atoms with van der Waals surface area (Å²) < 4.78 is 5.20. The molecule has 1 heterocycles. The van der Waals surface area contributed by atoms with Crippen LogP contribution in [0.5, 0.6) is 0 Å². The molecule has 0 bridgehead atoms. The van der Waals surface area contributed by atoms with Gasteiger partial charge in [-0.15, -0.1) is 0 Å². The molecule has 2 aromatic carbocycles. The van der Waals surface area contributed by atoms with Gasteiger partial charge in [0, 0.05) is 5.57 Å². The summed E-state index contributed by atoms with van der Waals surface area (Å²) in [6.07, 6.45) is 2.12. The zero-order valence-corrected chi connectivity index (χ0v) is 12.4. The van der Waals surface area contributed by atoms with Crippen molar-refractivity contribution in [1.82, 2.24) is 0 Å². The number of hydrogen-bond donors (Lipinski definition) is 1. The van der Waals surface area contributed by atoms with Gasteiger partial charge in [-0.3, -0.25) is 4.79 Å². The number of benzene rings is 2. The quantitative estimate of drug-likeness (QED) is 0.565. The molecule has 1 N–H and O–H groups in total. The molecule has 1 unspecified atom stereocenters. The zero-order chi connectivity index (χ0) is 16.1. The van der Waals surface area contributed by atoms with E-state index in [0.717, 1.165) is 5.56 Å². The van der Waals surface area contributed by atoms with Gasteiger partial charge in [0.1, 0.15) is 6.10 Å². The molecule has 0 radical (unpaired) electrons. The first kappa shape index (κ1) is 15.0. The summed E-state index contributed by atoms with van der Waals surface area (Å²) in [6.45, 7) is 0. The van der Waals surface area contributed by atoms with Crippen molar-refractivity contribution in [2.24, 2.45) is 0 Å². The molecule has 0 fully saturated rings. The summed E-state index contributed by atoms with van der Waals surface area (Å²) in [5.74, 6) is -0.114. The van der Waals surface area contributed by atoms with Crippen LogP contribution in [-0.2, 0) is 0 Å². The monoisotopic (exact) mass is 304 g/mol. The van der Waals surface area contributed by atoms with Crippen molar-refractivity contribution in [3.63, 3.8) is 0 Å². The summed E-state index contributed by atoms with van der Waals surface area (Å²) in [6, 6.07) is 21.8. The number of hydrogen-bond acceptors (Lipinski definition) is 3. The van der Waals surface area contributed by atoms with Gasteiger partial charge in [0.05, 0.1) is 6.26 Å². The molecule has 0 aliphatic heterocycles. The Labute approximate surface area is 134 Å². The maximum absolute atomic E-state index is 12.7. The van der Waals surface area contributed by atoms with E-state index in [1.807, 2.05) is 48.5 Å². The molecule has 3 rings (SSSR count). The van der Waals surface area contributed by atoms with Crippen molar-refractivity contribution >= 4 is 11.9 Å². The average molecular weight is 304 g/mol. The summed E-state index contributed by atoms with van der Waals surface area (Å²) in [5.41, 5.74) is 1.78. The molecule has 0 aliphatic rings. The van der Waals surface area contributed by atoms with Crippen LogP contribution in [0.3, 0.4) is 0 Å². The average Bonchev–Trinajstić information content (AvgIpc) is 3.15. The minimum absolute atomic E-state index is 0.210. The molecule has 23 heavy (non-hydrogen) atoms. The standard InChI is InChI=1S/C20H16O3/c21-19(16-10-5-2-6-11-16)17(14-15-8-3-1-4-9-15)20(22)18-12-7-13-23-18/h1-14,19,21H/b17-14-. The largest absolute Gasteiger partial charge is 0.461 e. The highest BCUT2D eigenvalue weighted by molar-refractivity contribution is 6.10. The summed E-state index contributed by atoms with van der Waals surface area (Å²) >= 11 is 0. The Hall–Kier alpha value is -2.91. The van der Waals surface area contributed by atoms with E-state index >= 15 is 0 Å². The molecule has 1 aromatic heterocycles. The van der Waals surface area contributed by atoms with E-state index in [-0.39, 0.29) is 17.1 Å². The Kier molecular flexibility index (Phi) is 4.50. The fraction of sp³-hybridized carbons (Fsp3) is 0.0500. The van der Waals surface area contributed by atoms with Crippen LogP contribution < -0.4 is 0 Å². The number of furan rings is 1. The minimum atomic E-state index is -1.02. The van der Waals surface area contributed by atoms with Gasteiger partial charge in [0.2, 0.25) is 5.78 Å². The maximum Gasteiger partial charge on any atom is 0.227 e. The Balaban J connectivity index is 2.03. The molecule has 0 spiro atoms. The topological polar surface area (TPSA) is 50.4 Å². The number of ketones is 1. The van der Waals surface area contributed by atoms with E-state index < -0.39 is 6.10 Å². The van der Waals surface area contributed by atoms with Gasteiger partial charge in [0.15, 0.2) is 5.76 Å². The fourth-order valence-corrected chi connectivity index (χ4v) is 2.36. The summed E-state index contributed by atoms with van der Waals surface area (Å²) in [7, 11) is 0. The number of aliphatic hydroxyl groups is 1. The molecule has 3 nitrogen and oxygen atoms in total. The van der Waals surface area contributed by atoms with Gasteiger partial charge in [-0.2, -0.15) is 0 Å². The van der Waals surface area contributed by atoms with E-state index in [1.54, 1.807) is 30.3 Å². The van der Waals surface area contributed by atoms with Crippen LogP contribution in [0.25, 0.3) is 6.08 Å². The normalized spacial score (nSPS) is 12.8. The van der Waals surface area contributed by atoms with Crippen LogP contribution >= 0.6 is 0 Å². The highest BCUT2D eigenvalue weighted by atomic mass is 16.3. The van der Waals surface area contributed by atoms with Gasteiger partial charge in [-0.05, 0) is 29.3 Å². The molecule has 0 saturated carbocycles. The second-order valence-corrected chi connectivity index (χ2v) is 5.13. The van der Waals surface area contributed by atoms with E-state index in [2.05, 4.69) is 0 Å². The number of carbonyl (C=O) groups excluding carboxylic acids is 1. The Morgan fingerprint density at radius 1 is 0.913 bits per heavy atom. The molecule has 3 heteroatoms. The lowest BCUT2D eigenvalue weighted by atomic mass is 9.95. The van der Waals surface area contributed by atoms with Crippen molar-refractivity contribution in [2.45, 2.75) is 6.10 Å². The Morgan fingerprint density at radius 3 is 2.17 bits per heavy atom. The smallest absolute Gasteiger partial charge is 0.227 e. The predicted octanol–water partition coefficient (Wildman–Crippen LogP) is 4.28. The van der Waals surface area contributed by atoms with E-state index in [1.165, 1.54) is 6.26 Å². The van der Waals surface area contributed by atoms with E-state index in [0.29, 0.717) is 5.56 Å². The van der Waals surface area contributed by atoms with Crippen LogP contribution in [0.4, 0.5) is 0 Å². The number of Topliss-reactive ketones (excluding diaryl/α,β-unsaturated/α-hetero) is 1. The first-order valence-corrected chi connectivity index (χ1v) is 7.33. The van der Waals surface area contributed by atoms with Gasteiger partial charge in [0.25, 0.3) is 0 Å². The second kappa shape index (κ2) is 6.90. The molecule has 1 atom stereocenters. The third kappa shape index (κ3) is 3.47. The SMILES string of the molecule is O=C(/C(=C\c1ccccc1)C(O)c1ccccc1)c1ccco1. The lowest BCUT2D eigenvalue weighted by molar-refractivity contribution is 0.0963. The van der Waals surface area contributed by atoms with E-state index in [4.69, 9.17) is 4.42 Å². The lowest BCUT2D eigenvalue weighted by Crippen LogP contribution is -2.11. The highest BCUT2D eigenvalue weighted by Crippen LogP contribution is 2.27. The zero-order valence-electron chi connectivity index (χ0n) is 12.4. The molecular formula is C20H16O3. The number of aliphatic hydroxyl groups excluding tert-OH is 1. The van der Waals surface area contributed by atoms with Gasteiger partial charge in [-0.25, -0.2) is 0 Å². The number of carbonyl (C=O) groups is 1. The third-order valence-electron chi connectivity index (χ3n) is 3.54. The molecule has 114 valence electrons. The van der Waals surface area contributed by atoms with Crippen molar-refractivity contribution in [2.75, 3.05) is 0 Å². The number of rotatable bonds is 5. The first-order valence-electron chi connectivity index (χ1n) is 7.33. The van der Waals surface area contributed by atoms with Crippen molar-refractivity contribution in [1.29, 1.82) is 0 Å². The van der Waals surface area contributed by atoms with Crippen molar-refractivity contribution in [3.05, 3.63) is 102 Å². The van der Waals surface area contributed by atoms with Crippen molar-refractivity contribution < 1.29 is 14.3 Å². The van der Waals surface area contributed by atoms with Crippen molar-refractivity contribution in [3.8, 4) is 0 Å². The summed E-state index contributed by atoms with van der Waals surface area (Å²) in [4.78, 5) is 12.7. The molecule has 0 aliphatic carbocycles. The van der Waals surface area contributed by atoms with Crippen LogP contribution in [0, 0.1) is 0 Å². The van der Waals surface area contributed by atoms with Gasteiger partial charge in [-0.1, -0.05) is 60.7 Å². The molecular weight excluding hydrogens is 288 g/mol. The molecule has 3 aromatic rings. The predicted molar refractivity (Wildman–Crippen MR) is 88.9 cm³/mol. The minimum Gasteiger partial charge on any atom is -0.461 e. The van der Waals surface area contributed by atoms with E-state index in [9.17, 15) is 9.90 Å². The fourth-order valence-electron chi connectivity index (χ4n) is 2.36. The van der Waals surface area contributed by atoms with Crippen LogP contribution in [0.15, 0.2) is 89.0 Å². The Bertz CT molecular complexity index is 787. The lowest BCUT2D eigenvalue weighted by Gasteiger charge is -2.14.